The van der Waals surface area contributed by atoms with Gasteiger partial charge in [-0.1, -0.05) is 11.6 Å². The number of carbonyl (C=O) groups is 1. The minimum Gasteiger partial charge on any atom is -0.448 e. The predicted molar refractivity (Wildman–Crippen MR) is 67.6 cm³/mol. The molecular weight excluding hydrogens is 240 g/mol. The Morgan fingerprint density at radius 3 is 3.06 bits per heavy atom. The smallest absolute Gasteiger partial charge is 0.411 e. The number of carbonyl (C=O) groups excluding carboxylic acids is 1. The van der Waals surface area contributed by atoms with Gasteiger partial charge in [-0.05, 0) is 37.2 Å². The third-order valence-corrected chi connectivity index (χ3v) is 3.01. The van der Waals surface area contributed by atoms with Crippen molar-refractivity contribution in [2.45, 2.75) is 6.42 Å². The Bertz CT molecular complexity index is 423. The molecule has 1 aliphatic heterocycles. The number of ether oxygens (including phenoxy) is 1. The molecule has 92 valence electrons. The van der Waals surface area contributed by atoms with Crippen LogP contribution in [-0.4, -0.2) is 37.7 Å². The third-order valence-electron chi connectivity index (χ3n) is 2.77. The van der Waals surface area contributed by atoms with Crippen LogP contribution in [0, 0.1) is 0 Å². The highest BCUT2D eigenvalue weighted by molar-refractivity contribution is 6.30. The van der Waals surface area contributed by atoms with Crippen LogP contribution >= 0.6 is 11.6 Å². The van der Waals surface area contributed by atoms with Crippen LogP contribution in [0.2, 0.25) is 5.02 Å². The zero-order chi connectivity index (χ0) is 12.3. The molecule has 0 aromatic heterocycles. The van der Waals surface area contributed by atoms with E-state index in [2.05, 4.69) is 10.2 Å². The second kappa shape index (κ2) is 5.38. The summed E-state index contributed by atoms with van der Waals surface area (Å²) >= 11 is 5.96. The van der Waals surface area contributed by atoms with Crippen LogP contribution in [0.15, 0.2) is 18.2 Å². The van der Waals surface area contributed by atoms with E-state index >= 15 is 0 Å². The lowest BCUT2D eigenvalue weighted by Gasteiger charge is -2.20. The quantitative estimate of drug-likeness (QED) is 0.773. The first kappa shape index (κ1) is 12.2. The number of benzene rings is 1. The van der Waals surface area contributed by atoms with Gasteiger partial charge in [-0.25, -0.2) is 4.79 Å². The maximum atomic E-state index is 11.5. The summed E-state index contributed by atoms with van der Waals surface area (Å²) in [6, 6.07) is 5.45. The van der Waals surface area contributed by atoms with Gasteiger partial charge in [0.05, 0.1) is 0 Å². The second-order valence-electron chi connectivity index (χ2n) is 4.12. The summed E-state index contributed by atoms with van der Waals surface area (Å²) in [5.41, 5.74) is 1.80. The number of cyclic esters (lactones) is 1. The fourth-order valence-corrected chi connectivity index (χ4v) is 1.95. The molecule has 1 N–H and O–H groups in total. The first-order chi connectivity index (χ1) is 8.15. The Morgan fingerprint density at radius 1 is 1.41 bits per heavy atom. The summed E-state index contributed by atoms with van der Waals surface area (Å²) in [5.74, 6) is 0. The van der Waals surface area contributed by atoms with Gasteiger partial charge < -0.3 is 9.64 Å². The van der Waals surface area contributed by atoms with Crippen molar-refractivity contribution in [1.29, 1.82) is 0 Å². The zero-order valence-electron chi connectivity index (χ0n) is 9.70. The maximum Gasteiger partial charge on any atom is 0.411 e. The lowest BCUT2D eigenvalue weighted by atomic mass is 10.1. The van der Waals surface area contributed by atoms with Gasteiger partial charge in [0, 0.05) is 23.8 Å². The molecule has 0 radical (unpaired) electrons. The number of nitrogens with one attached hydrogen (secondary N) is 1. The molecule has 0 bridgehead atoms. The molecule has 1 heterocycles. The summed E-state index contributed by atoms with van der Waals surface area (Å²) in [7, 11) is 2.01. The maximum absolute atomic E-state index is 11.5. The highest BCUT2D eigenvalue weighted by Crippen LogP contribution is 2.22. The van der Waals surface area contributed by atoms with Crippen molar-refractivity contribution >= 4 is 23.4 Å². The highest BCUT2D eigenvalue weighted by Gasteiger charge is 2.12. The number of halogens is 1. The Kier molecular flexibility index (Phi) is 3.86. The topological polar surface area (TPSA) is 41.6 Å². The van der Waals surface area contributed by atoms with E-state index < -0.39 is 6.09 Å². The molecule has 0 atom stereocenters. The highest BCUT2D eigenvalue weighted by atomic mass is 35.5. The van der Waals surface area contributed by atoms with Crippen molar-refractivity contribution in [2.24, 2.45) is 0 Å². The fourth-order valence-electron chi connectivity index (χ4n) is 1.75. The summed E-state index contributed by atoms with van der Waals surface area (Å²) in [5, 5.41) is 3.41. The van der Waals surface area contributed by atoms with E-state index in [1.807, 2.05) is 13.1 Å². The molecule has 0 spiro atoms. The summed E-state index contributed by atoms with van der Waals surface area (Å²) in [4.78, 5) is 13.6. The molecule has 0 saturated heterocycles. The summed E-state index contributed by atoms with van der Waals surface area (Å²) in [6.07, 6.45) is 0.441. The molecule has 0 fully saturated rings. The molecule has 0 unspecified atom stereocenters. The number of amides is 1. The first-order valence-corrected chi connectivity index (χ1v) is 5.94. The van der Waals surface area contributed by atoms with Gasteiger partial charge in [-0.3, -0.25) is 5.32 Å². The molecule has 0 aliphatic carbocycles. The number of likely N-dealkylation sites (N-methyl/N-ethyl adjacent to an activating group) is 1. The summed E-state index contributed by atoms with van der Waals surface area (Å²) in [6.45, 7) is 2.06. The molecule has 1 aliphatic rings. The largest absolute Gasteiger partial charge is 0.448 e. The van der Waals surface area contributed by atoms with Crippen molar-refractivity contribution < 1.29 is 9.53 Å². The van der Waals surface area contributed by atoms with Gasteiger partial charge in [0.1, 0.15) is 6.61 Å². The van der Waals surface area contributed by atoms with E-state index in [-0.39, 0.29) is 0 Å². The standard InChI is InChI=1S/C12H15ClN2O2/c1-15-5-4-9-8-10(13)2-3-11(9)14-12(16)17-7-6-15/h2-3,8H,4-7H2,1H3,(H,14,16). The van der Waals surface area contributed by atoms with Gasteiger partial charge in [0.15, 0.2) is 0 Å². The van der Waals surface area contributed by atoms with E-state index in [0.717, 1.165) is 30.8 Å². The normalized spacial score (nSPS) is 17.9. The number of hydrogen-bond acceptors (Lipinski definition) is 3. The molecule has 1 amide bonds. The summed E-state index contributed by atoms with van der Waals surface area (Å²) < 4.78 is 5.05. The van der Waals surface area contributed by atoms with Crippen LogP contribution in [-0.2, 0) is 11.2 Å². The molecule has 2 rings (SSSR count). The van der Waals surface area contributed by atoms with Gasteiger partial charge in [-0.2, -0.15) is 0 Å². The minimum absolute atomic E-state index is 0.408. The first-order valence-electron chi connectivity index (χ1n) is 5.56. The van der Waals surface area contributed by atoms with Crippen LogP contribution in [0.25, 0.3) is 0 Å². The SMILES string of the molecule is CN1CCOC(=O)Nc2ccc(Cl)cc2CC1. The number of nitrogens with zero attached hydrogens (tertiary/aromatic N) is 1. The molecule has 0 saturated carbocycles. The van der Waals surface area contributed by atoms with Crippen molar-refractivity contribution in [3.63, 3.8) is 0 Å². The number of anilines is 1. The monoisotopic (exact) mass is 254 g/mol. The Hall–Kier alpha value is -1.26. The predicted octanol–water partition coefficient (Wildman–Crippen LogP) is 2.38. The number of fused-ring (bicyclic) bond motifs is 1. The van der Waals surface area contributed by atoms with Gasteiger partial charge >= 0.3 is 6.09 Å². The van der Waals surface area contributed by atoms with Crippen molar-refractivity contribution in [1.82, 2.24) is 4.90 Å². The van der Waals surface area contributed by atoms with Gasteiger partial charge in [0.2, 0.25) is 0 Å². The molecular formula is C12H15ClN2O2. The van der Waals surface area contributed by atoms with E-state index in [9.17, 15) is 4.79 Å². The number of rotatable bonds is 0. The third kappa shape index (κ3) is 3.35. The van der Waals surface area contributed by atoms with E-state index in [1.54, 1.807) is 12.1 Å². The fraction of sp³-hybridized carbons (Fsp3) is 0.417. The lowest BCUT2D eigenvalue weighted by Crippen LogP contribution is -2.29. The Balaban J connectivity index is 2.25. The average molecular weight is 255 g/mol. The Labute approximate surface area is 106 Å². The average Bonchev–Trinajstić information content (AvgIpc) is 2.29. The second-order valence-corrected chi connectivity index (χ2v) is 4.55. The lowest BCUT2D eigenvalue weighted by molar-refractivity contribution is 0.146. The van der Waals surface area contributed by atoms with Crippen LogP contribution in [0.4, 0.5) is 10.5 Å². The van der Waals surface area contributed by atoms with Crippen molar-refractivity contribution in [2.75, 3.05) is 32.1 Å². The minimum atomic E-state index is -0.413. The molecule has 4 nitrogen and oxygen atoms in total. The van der Waals surface area contributed by atoms with Crippen LogP contribution in [0.3, 0.4) is 0 Å². The Morgan fingerprint density at radius 2 is 2.24 bits per heavy atom. The molecule has 1 aromatic carbocycles. The molecule has 1 aromatic rings. The van der Waals surface area contributed by atoms with E-state index in [4.69, 9.17) is 16.3 Å². The van der Waals surface area contributed by atoms with Crippen LogP contribution in [0.5, 0.6) is 0 Å². The van der Waals surface area contributed by atoms with Crippen LogP contribution in [0.1, 0.15) is 5.56 Å². The van der Waals surface area contributed by atoms with Crippen molar-refractivity contribution in [3.8, 4) is 0 Å². The number of hydrogen-bond donors (Lipinski definition) is 1. The van der Waals surface area contributed by atoms with Crippen LogP contribution < -0.4 is 5.32 Å². The molecule has 5 heteroatoms. The van der Waals surface area contributed by atoms with Gasteiger partial charge in [-0.15, -0.1) is 0 Å². The van der Waals surface area contributed by atoms with Crippen molar-refractivity contribution in [3.05, 3.63) is 28.8 Å². The van der Waals surface area contributed by atoms with E-state index in [0.29, 0.717) is 11.6 Å². The van der Waals surface area contributed by atoms with E-state index in [1.165, 1.54) is 0 Å². The molecule has 17 heavy (non-hydrogen) atoms. The van der Waals surface area contributed by atoms with Gasteiger partial charge in [0.25, 0.3) is 0 Å². The zero-order valence-corrected chi connectivity index (χ0v) is 10.5.